The van der Waals surface area contributed by atoms with Crippen molar-refractivity contribution in [3.05, 3.63) is 71.4 Å². The minimum atomic E-state index is -0.703. The van der Waals surface area contributed by atoms with Crippen molar-refractivity contribution in [3.63, 3.8) is 0 Å². The lowest BCUT2D eigenvalue weighted by molar-refractivity contribution is -0.145. The van der Waals surface area contributed by atoms with Gasteiger partial charge in [-0.25, -0.2) is 14.5 Å². The first-order chi connectivity index (χ1) is 18.2. The van der Waals surface area contributed by atoms with Gasteiger partial charge in [0.1, 0.15) is 12.2 Å². The maximum atomic E-state index is 13.0. The SMILES string of the molecule is C=CCc1cc(/C=C2/NC(=O)N(CC(=O)Nc3ccc(C)cc3)C2=O)cc(OCC)c1OCC(=O)OCC. The van der Waals surface area contributed by atoms with Crippen molar-refractivity contribution < 1.29 is 33.4 Å². The first-order valence-electron chi connectivity index (χ1n) is 12.2. The second kappa shape index (κ2) is 13.1. The van der Waals surface area contributed by atoms with E-state index in [1.54, 1.807) is 44.2 Å². The molecule has 2 aromatic carbocycles. The van der Waals surface area contributed by atoms with Crippen LogP contribution in [0.25, 0.3) is 6.08 Å². The van der Waals surface area contributed by atoms with Crippen LogP contribution in [0.3, 0.4) is 0 Å². The minimum Gasteiger partial charge on any atom is -0.490 e. The highest BCUT2D eigenvalue weighted by Gasteiger charge is 2.35. The Balaban J connectivity index is 1.81. The largest absolute Gasteiger partial charge is 0.490 e. The van der Waals surface area contributed by atoms with Crippen LogP contribution in [-0.4, -0.2) is 55.1 Å². The fourth-order valence-corrected chi connectivity index (χ4v) is 3.70. The Kier molecular flexibility index (Phi) is 9.64. The van der Waals surface area contributed by atoms with Gasteiger partial charge in [-0.1, -0.05) is 23.8 Å². The molecule has 0 radical (unpaired) electrons. The van der Waals surface area contributed by atoms with Crippen molar-refractivity contribution in [2.24, 2.45) is 0 Å². The molecule has 0 spiro atoms. The summed E-state index contributed by atoms with van der Waals surface area (Å²) >= 11 is 0. The number of nitrogens with zero attached hydrogens (tertiary/aromatic N) is 1. The average molecular weight is 522 g/mol. The Hall–Kier alpha value is -4.60. The van der Waals surface area contributed by atoms with E-state index in [0.717, 1.165) is 10.5 Å². The summed E-state index contributed by atoms with van der Waals surface area (Å²) in [4.78, 5) is 50.5. The highest BCUT2D eigenvalue weighted by molar-refractivity contribution is 6.16. The Morgan fingerprint density at radius 2 is 1.82 bits per heavy atom. The molecule has 3 rings (SSSR count). The van der Waals surface area contributed by atoms with Gasteiger partial charge in [-0.2, -0.15) is 0 Å². The number of hydrogen-bond donors (Lipinski definition) is 2. The molecule has 0 atom stereocenters. The number of carbonyl (C=O) groups is 4. The van der Waals surface area contributed by atoms with Gasteiger partial charge in [0.2, 0.25) is 5.91 Å². The van der Waals surface area contributed by atoms with Crippen molar-refractivity contribution in [1.29, 1.82) is 0 Å². The molecule has 1 saturated heterocycles. The fourth-order valence-electron chi connectivity index (χ4n) is 3.70. The Labute approximate surface area is 221 Å². The average Bonchev–Trinajstić information content (AvgIpc) is 3.12. The molecule has 1 fully saturated rings. The van der Waals surface area contributed by atoms with E-state index in [1.807, 2.05) is 19.1 Å². The molecule has 0 saturated carbocycles. The molecule has 0 aliphatic carbocycles. The molecule has 1 aliphatic heterocycles. The highest BCUT2D eigenvalue weighted by Crippen LogP contribution is 2.35. The van der Waals surface area contributed by atoms with E-state index in [0.29, 0.717) is 41.3 Å². The monoisotopic (exact) mass is 521 g/mol. The molecule has 200 valence electrons. The predicted molar refractivity (Wildman–Crippen MR) is 142 cm³/mol. The third-order valence-electron chi connectivity index (χ3n) is 5.37. The molecular formula is C28H31N3O7. The predicted octanol–water partition coefficient (Wildman–Crippen LogP) is 3.60. The van der Waals surface area contributed by atoms with Gasteiger partial charge in [0.25, 0.3) is 5.91 Å². The zero-order valence-electron chi connectivity index (χ0n) is 21.7. The summed E-state index contributed by atoms with van der Waals surface area (Å²) in [6.07, 6.45) is 3.54. The molecule has 0 aromatic heterocycles. The second-order valence-electron chi connectivity index (χ2n) is 8.32. The number of rotatable bonds is 12. The zero-order valence-corrected chi connectivity index (χ0v) is 21.7. The van der Waals surface area contributed by atoms with E-state index in [4.69, 9.17) is 14.2 Å². The molecule has 1 heterocycles. The summed E-state index contributed by atoms with van der Waals surface area (Å²) in [5, 5.41) is 5.19. The van der Waals surface area contributed by atoms with Gasteiger partial charge in [0, 0.05) is 11.3 Å². The molecule has 4 amide bonds. The third-order valence-corrected chi connectivity index (χ3v) is 5.37. The number of allylic oxidation sites excluding steroid dienone is 1. The van der Waals surface area contributed by atoms with E-state index < -0.39 is 30.4 Å². The van der Waals surface area contributed by atoms with Crippen LogP contribution in [0.2, 0.25) is 0 Å². The minimum absolute atomic E-state index is 0.00493. The molecule has 1 aliphatic rings. The van der Waals surface area contributed by atoms with E-state index in [2.05, 4.69) is 17.2 Å². The fraction of sp³-hybridized carbons (Fsp3) is 0.286. The van der Waals surface area contributed by atoms with E-state index in [1.165, 1.54) is 6.08 Å². The summed E-state index contributed by atoms with van der Waals surface area (Å²) in [5.74, 6) is -0.947. The lowest BCUT2D eigenvalue weighted by Gasteiger charge is -2.16. The van der Waals surface area contributed by atoms with Crippen molar-refractivity contribution in [2.45, 2.75) is 27.2 Å². The quantitative estimate of drug-likeness (QED) is 0.189. The molecule has 0 unspecified atom stereocenters. The number of carbonyl (C=O) groups excluding carboxylic acids is 4. The van der Waals surface area contributed by atoms with Crippen molar-refractivity contribution in [1.82, 2.24) is 10.2 Å². The Bertz CT molecular complexity index is 1250. The number of ether oxygens (including phenoxy) is 3. The number of imide groups is 1. The number of aryl methyl sites for hydroxylation is 1. The van der Waals surface area contributed by atoms with Gasteiger partial charge in [0.15, 0.2) is 18.1 Å². The number of anilines is 1. The topological polar surface area (TPSA) is 123 Å². The second-order valence-corrected chi connectivity index (χ2v) is 8.32. The normalized spacial score (nSPS) is 13.8. The van der Waals surface area contributed by atoms with Crippen molar-refractivity contribution >= 4 is 35.6 Å². The maximum Gasteiger partial charge on any atom is 0.344 e. The van der Waals surface area contributed by atoms with E-state index >= 15 is 0 Å². The smallest absolute Gasteiger partial charge is 0.344 e. The summed E-state index contributed by atoms with van der Waals surface area (Å²) in [6.45, 7) is 9.01. The molecule has 0 bridgehead atoms. The van der Waals surface area contributed by atoms with Crippen molar-refractivity contribution in [2.75, 3.05) is 31.7 Å². The van der Waals surface area contributed by atoms with Crippen LogP contribution in [0, 0.1) is 6.92 Å². The number of amides is 4. The number of esters is 1. The van der Waals surface area contributed by atoms with Gasteiger partial charge in [-0.05, 0) is 63.1 Å². The van der Waals surface area contributed by atoms with Crippen LogP contribution in [-0.2, 0) is 25.5 Å². The lowest BCUT2D eigenvalue weighted by atomic mass is 10.0. The zero-order chi connectivity index (χ0) is 27.7. The van der Waals surface area contributed by atoms with Gasteiger partial charge in [-0.15, -0.1) is 6.58 Å². The number of urea groups is 1. The lowest BCUT2D eigenvalue weighted by Crippen LogP contribution is -2.38. The van der Waals surface area contributed by atoms with Crippen LogP contribution in [0.5, 0.6) is 11.5 Å². The number of benzene rings is 2. The molecule has 10 heteroatoms. The first-order valence-corrected chi connectivity index (χ1v) is 12.2. The van der Waals surface area contributed by atoms with Crippen LogP contribution in [0.1, 0.15) is 30.5 Å². The van der Waals surface area contributed by atoms with Gasteiger partial charge in [0.05, 0.1) is 13.2 Å². The van der Waals surface area contributed by atoms with E-state index in [9.17, 15) is 19.2 Å². The molecule has 38 heavy (non-hydrogen) atoms. The van der Waals surface area contributed by atoms with Crippen LogP contribution in [0.4, 0.5) is 10.5 Å². The standard InChI is InChI=1S/C28H31N3O7/c1-5-8-20-13-19(15-23(36-6-2)26(20)38-17-25(33)37-7-3)14-22-27(34)31(28(35)30-22)16-24(32)29-21-11-9-18(4)10-12-21/h5,9-15H,1,6-8,16-17H2,2-4H3,(H,29,32)(H,30,35)/b22-14+. The summed E-state index contributed by atoms with van der Waals surface area (Å²) < 4.78 is 16.4. The van der Waals surface area contributed by atoms with Gasteiger partial charge >= 0.3 is 12.0 Å². The molecule has 2 aromatic rings. The third kappa shape index (κ3) is 7.22. The van der Waals surface area contributed by atoms with Crippen LogP contribution in [0.15, 0.2) is 54.8 Å². The van der Waals surface area contributed by atoms with Gasteiger partial charge < -0.3 is 24.8 Å². The van der Waals surface area contributed by atoms with Crippen molar-refractivity contribution in [3.8, 4) is 11.5 Å². The molecule has 2 N–H and O–H groups in total. The maximum absolute atomic E-state index is 13.0. The number of nitrogens with one attached hydrogen (secondary N) is 2. The Morgan fingerprint density at radius 1 is 1.08 bits per heavy atom. The highest BCUT2D eigenvalue weighted by atomic mass is 16.6. The van der Waals surface area contributed by atoms with Crippen LogP contribution < -0.4 is 20.1 Å². The summed E-state index contributed by atoms with van der Waals surface area (Å²) in [5.41, 5.74) is 2.81. The van der Waals surface area contributed by atoms with Gasteiger partial charge in [-0.3, -0.25) is 9.59 Å². The molecular weight excluding hydrogens is 490 g/mol. The number of hydrogen-bond acceptors (Lipinski definition) is 7. The Morgan fingerprint density at radius 3 is 2.47 bits per heavy atom. The van der Waals surface area contributed by atoms with Crippen LogP contribution >= 0.6 is 0 Å². The summed E-state index contributed by atoms with van der Waals surface area (Å²) in [7, 11) is 0. The first kappa shape index (κ1) is 28.0. The summed E-state index contributed by atoms with van der Waals surface area (Å²) in [6, 6.07) is 9.83. The molecule has 10 nitrogen and oxygen atoms in total. The van der Waals surface area contributed by atoms with E-state index in [-0.39, 0.29) is 18.9 Å².